The Morgan fingerprint density at radius 1 is 1.14 bits per heavy atom. The summed E-state index contributed by atoms with van der Waals surface area (Å²) < 4.78 is 7.26. The molecule has 3 aromatic rings. The quantitative estimate of drug-likeness (QED) is 0.760. The monoisotopic (exact) mass is 293 g/mol. The summed E-state index contributed by atoms with van der Waals surface area (Å²) in [5, 5.41) is 3.03. The van der Waals surface area contributed by atoms with E-state index in [0.717, 1.165) is 22.3 Å². The number of para-hydroxylation sites is 2. The number of aliphatic imine (C=N–C) groups is 1. The van der Waals surface area contributed by atoms with Gasteiger partial charge in [-0.05, 0) is 29.8 Å². The van der Waals surface area contributed by atoms with E-state index >= 15 is 0 Å². The van der Waals surface area contributed by atoms with E-state index in [9.17, 15) is 0 Å². The van der Waals surface area contributed by atoms with Crippen molar-refractivity contribution in [2.75, 3.05) is 12.4 Å². The van der Waals surface area contributed by atoms with Crippen LogP contribution in [0.5, 0.6) is 5.75 Å². The molecule has 0 saturated carbocycles. The number of aromatic nitrogens is 2. The molecule has 0 radical (unpaired) electrons. The number of hydrogen-bond acceptors (Lipinski definition) is 5. The summed E-state index contributed by atoms with van der Waals surface area (Å²) in [7, 11) is 1.65. The highest BCUT2D eigenvalue weighted by molar-refractivity contribution is 5.94. The van der Waals surface area contributed by atoms with Gasteiger partial charge in [0.05, 0.1) is 18.1 Å². The summed E-state index contributed by atoms with van der Waals surface area (Å²) in [6.07, 6.45) is -0.241. The number of ether oxygens (including phenoxy) is 1. The van der Waals surface area contributed by atoms with Crippen LogP contribution in [0.1, 0.15) is 11.7 Å². The van der Waals surface area contributed by atoms with Crippen molar-refractivity contribution in [1.82, 2.24) is 9.55 Å². The Morgan fingerprint density at radius 2 is 1.91 bits per heavy atom. The number of fused-ring (bicyclic) bond motifs is 3. The molecule has 22 heavy (non-hydrogen) atoms. The summed E-state index contributed by atoms with van der Waals surface area (Å²) in [4.78, 5) is 9.12. The number of nitrogens with one attached hydrogen (secondary N) is 1. The van der Waals surface area contributed by atoms with Crippen LogP contribution in [0.4, 0.5) is 5.95 Å². The summed E-state index contributed by atoms with van der Waals surface area (Å²) in [6.45, 7) is 0. The van der Waals surface area contributed by atoms with Crippen molar-refractivity contribution in [2.45, 2.75) is 6.17 Å². The summed E-state index contributed by atoms with van der Waals surface area (Å²) in [5.41, 5.74) is 8.87. The molecule has 0 amide bonds. The molecule has 0 bridgehead atoms. The first-order valence-electron chi connectivity index (χ1n) is 6.97. The van der Waals surface area contributed by atoms with E-state index in [2.05, 4.69) is 15.3 Å². The molecule has 1 aromatic heterocycles. The third kappa shape index (κ3) is 1.88. The normalized spacial score (nSPS) is 16.8. The molecule has 6 heteroatoms. The molecule has 2 heterocycles. The topological polar surface area (TPSA) is 77.5 Å². The van der Waals surface area contributed by atoms with Gasteiger partial charge in [-0.2, -0.15) is 0 Å². The number of nitrogens with two attached hydrogens (primary N) is 1. The SMILES string of the molecule is COc1ccc([C@H]2N=C(N)Nc3nc4ccccc4n32)cc1. The zero-order valence-electron chi connectivity index (χ0n) is 12.0. The molecule has 1 atom stereocenters. The van der Waals surface area contributed by atoms with Gasteiger partial charge in [0.2, 0.25) is 5.95 Å². The van der Waals surface area contributed by atoms with Crippen LogP contribution in [0.3, 0.4) is 0 Å². The van der Waals surface area contributed by atoms with Crippen molar-refractivity contribution in [1.29, 1.82) is 0 Å². The van der Waals surface area contributed by atoms with E-state index in [1.165, 1.54) is 0 Å². The van der Waals surface area contributed by atoms with Gasteiger partial charge in [-0.3, -0.25) is 9.88 Å². The number of guanidine groups is 1. The molecule has 6 nitrogen and oxygen atoms in total. The lowest BCUT2D eigenvalue weighted by molar-refractivity contribution is 0.414. The number of methoxy groups -OCH3 is 1. The predicted molar refractivity (Wildman–Crippen MR) is 86.1 cm³/mol. The average molecular weight is 293 g/mol. The van der Waals surface area contributed by atoms with E-state index in [1.54, 1.807) is 7.11 Å². The van der Waals surface area contributed by atoms with E-state index in [-0.39, 0.29) is 6.17 Å². The Hall–Kier alpha value is -3.02. The van der Waals surface area contributed by atoms with Crippen LogP contribution in [0.25, 0.3) is 11.0 Å². The number of anilines is 1. The first-order chi connectivity index (χ1) is 10.8. The fourth-order valence-corrected chi connectivity index (χ4v) is 2.72. The Kier molecular flexibility index (Phi) is 2.75. The van der Waals surface area contributed by atoms with Gasteiger partial charge < -0.3 is 10.5 Å². The maximum absolute atomic E-state index is 5.92. The second kappa shape index (κ2) is 4.77. The van der Waals surface area contributed by atoms with Gasteiger partial charge in [0, 0.05) is 0 Å². The van der Waals surface area contributed by atoms with Gasteiger partial charge in [0.15, 0.2) is 12.1 Å². The summed E-state index contributed by atoms with van der Waals surface area (Å²) in [6, 6.07) is 15.8. The molecule has 0 spiro atoms. The molecule has 0 saturated heterocycles. The Balaban J connectivity index is 1.89. The molecule has 0 unspecified atom stereocenters. The first-order valence-corrected chi connectivity index (χ1v) is 6.97. The van der Waals surface area contributed by atoms with E-state index < -0.39 is 0 Å². The van der Waals surface area contributed by atoms with Crippen LogP contribution >= 0.6 is 0 Å². The highest BCUT2D eigenvalue weighted by atomic mass is 16.5. The molecular weight excluding hydrogens is 278 g/mol. The fraction of sp³-hybridized carbons (Fsp3) is 0.125. The van der Waals surface area contributed by atoms with Crippen molar-refractivity contribution in [2.24, 2.45) is 10.7 Å². The highest BCUT2D eigenvalue weighted by Gasteiger charge is 2.24. The van der Waals surface area contributed by atoms with Crippen LogP contribution in [-0.4, -0.2) is 22.6 Å². The molecule has 0 aliphatic carbocycles. The van der Waals surface area contributed by atoms with Crippen molar-refractivity contribution in [3.05, 3.63) is 54.1 Å². The molecule has 3 N–H and O–H groups in total. The standard InChI is InChI=1S/C16H15N5O/c1-22-11-8-6-10(7-9-11)14-19-15(17)20-16-18-12-4-2-3-5-13(12)21(14)16/h2-9,14H,1H3,(H3,17,18,19,20)/t14-/m0/s1. The van der Waals surface area contributed by atoms with E-state index in [0.29, 0.717) is 11.9 Å². The van der Waals surface area contributed by atoms with Crippen molar-refractivity contribution in [3.8, 4) is 5.75 Å². The van der Waals surface area contributed by atoms with Gasteiger partial charge in [0.25, 0.3) is 0 Å². The Labute approximate surface area is 127 Å². The van der Waals surface area contributed by atoms with Crippen LogP contribution in [0.15, 0.2) is 53.5 Å². The van der Waals surface area contributed by atoms with Crippen molar-refractivity contribution < 1.29 is 4.74 Å². The predicted octanol–water partition coefficient (Wildman–Crippen LogP) is 2.33. The zero-order valence-corrected chi connectivity index (χ0v) is 12.0. The first kappa shape index (κ1) is 12.7. The third-order valence-corrected chi connectivity index (χ3v) is 3.76. The van der Waals surface area contributed by atoms with Crippen LogP contribution in [0, 0.1) is 0 Å². The third-order valence-electron chi connectivity index (χ3n) is 3.76. The smallest absolute Gasteiger partial charge is 0.212 e. The van der Waals surface area contributed by atoms with Crippen LogP contribution in [-0.2, 0) is 0 Å². The van der Waals surface area contributed by atoms with Gasteiger partial charge in [-0.1, -0.05) is 24.3 Å². The minimum absolute atomic E-state index is 0.241. The lowest BCUT2D eigenvalue weighted by Crippen LogP contribution is -2.31. The van der Waals surface area contributed by atoms with Crippen molar-refractivity contribution >= 4 is 22.9 Å². The fourth-order valence-electron chi connectivity index (χ4n) is 2.72. The second-order valence-electron chi connectivity index (χ2n) is 5.08. The largest absolute Gasteiger partial charge is 0.497 e. The number of rotatable bonds is 2. The maximum Gasteiger partial charge on any atom is 0.212 e. The number of nitrogens with zero attached hydrogens (tertiary/aromatic N) is 3. The molecule has 4 rings (SSSR count). The number of hydrogen-bond donors (Lipinski definition) is 2. The highest BCUT2D eigenvalue weighted by Crippen LogP contribution is 2.32. The van der Waals surface area contributed by atoms with Crippen LogP contribution in [0.2, 0.25) is 0 Å². The Morgan fingerprint density at radius 3 is 2.68 bits per heavy atom. The average Bonchev–Trinajstić information content (AvgIpc) is 2.92. The molecular formula is C16H15N5O. The minimum atomic E-state index is -0.241. The lowest BCUT2D eigenvalue weighted by Gasteiger charge is -2.23. The summed E-state index contributed by atoms with van der Waals surface area (Å²) in [5.74, 6) is 1.88. The van der Waals surface area contributed by atoms with Gasteiger partial charge in [-0.25, -0.2) is 9.98 Å². The van der Waals surface area contributed by atoms with Crippen LogP contribution < -0.4 is 15.8 Å². The molecule has 1 aliphatic rings. The molecule has 1 aliphatic heterocycles. The number of imidazole rings is 1. The van der Waals surface area contributed by atoms with E-state index in [1.807, 2.05) is 53.1 Å². The minimum Gasteiger partial charge on any atom is -0.497 e. The van der Waals surface area contributed by atoms with Crippen molar-refractivity contribution in [3.63, 3.8) is 0 Å². The molecule has 0 fully saturated rings. The number of benzene rings is 2. The Bertz CT molecular complexity index is 866. The second-order valence-corrected chi connectivity index (χ2v) is 5.08. The van der Waals surface area contributed by atoms with Gasteiger partial charge in [-0.15, -0.1) is 0 Å². The van der Waals surface area contributed by atoms with E-state index in [4.69, 9.17) is 10.5 Å². The summed E-state index contributed by atoms with van der Waals surface area (Å²) >= 11 is 0. The van der Waals surface area contributed by atoms with Gasteiger partial charge in [0.1, 0.15) is 5.75 Å². The van der Waals surface area contributed by atoms with Gasteiger partial charge >= 0.3 is 0 Å². The lowest BCUT2D eigenvalue weighted by atomic mass is 10.1. The molecule has 110 valence electrons. The maximum atomic E-state index is 5.92. The zero-order chi connectivity index (χ0) is 15.1. The molecule has 2 aromatic carbocycles.